The summed E-state index contributed by atoms with van der Waals surface area (Å²) in [6.45, 7) is 0. The average molecular weight is 306 g/mol. The Morgan fingerprint density at radius 2 is 2.24 bits per heavy atom. The molecule has 5 heteroatoms. The highest BCUT2D eigenvalue weighted by atomic mass is 32.2. The van der Waals surface area contributed by atoms with Crippen molar-refractivity contribution in [3.05, 3.63) is 24.3 Å². The fourth-order valence-corrected chi connectivity index (χ4v) is 4.34. The highest BCUT2D eigenvalue weighted by Gasteiger charge is 2.46. The van der Waals surface area contributed by atoms with Gasteiger partial charge in [-0.05, 0) is 50.3 Å². The Bertz CT molecular complexity index is 533. The van der Waals surface area contributed by atoms with Gasteiger partial charge in [0.2, 0.25) is 5.91 Å². The van der Waals surface area contributed by atoms with E-state index in [1.54, 1.807) is 7.11 Å². The molecule has 1 aromatic rings. The summed E-state index contributed by atoms with van der Waals surface area (Å²) in [7, 11) is 1.68. The van der Waals surface area contributed by atoms with Crippen molar-refractivity contribution < 1.29 is 9.53 Å². The van der Waals surface area contributed by atoms with Crippen molar-refractivity contribution in [1.82, 2.24) is 5.32 Å². The van der Waals surface area contributed by atoms with Crippen LogP contribution in [0.1, 0.15) is 32.1 Å². The van der Waals surface area contributed by atoms with Crippen LogP contribution in [0.25, 0.3) is 0 Å². The third kappa shape index (κ3) is 3.35. The maximum Gasteiger partial charge on any atom is 0.237 e. The van der Waals surface area contributed by atoms with Gasteiger partial charge in [-0.15, -0.1) is 11.8 Å². The molecule has 4 nitrogen and oxygen atoms in total. The van der Waals surface area contributed by atoms with E-state index in [0.29, 0.717) is 11.3 Å². The molecule has 0 radical (unpaired) electrons. The third-order valence-electron chi connectivity index (χ3n) is 4.34. The van der Waals surface area contributed by atoms with Gasteiger partial charge in [-0.25, -0.2) is 0 Å². The molecule has 0 aliphatic heterocycles. The van der Waals surface area contributed by atoms with Crippen LogP contribution in [0.2, 0.25) is 0 Å². The second-order valence-electron chi connectivity index (χ2n) is 6.03. The Labute approximate surface area is 129 Å². The number of carbonyl (C=O) groups is 1. The van der Waals surface area contributed by atoms with Crippen molar-refractivity contribution in [1.29, 1.82) is 0 Å². The highest BCUT2D eigenvalue weighted by Crippen LogP contribution is 2.42. The minimum Gasteiger partial charge on any atom is -0.497 e. The summed E-state index contributed by atoms with van der Waals surface area (Å²) < 4.78 is 5.26. The predicted molar refractivity (Wildman–Crippen MR) is 84.6 cm³/mol. The molecule has 2 saturated carbocycles. The van der Waals surface area contributed by atoms with E-state index in [2.05, 4.69) is 11.4 Å². The molecule has 114 valence electrons. The minimum atomic E-state index is -0.488. The van der Waals surface area contributed by atoms with Crippen LogP contribution in [-0.4, -0.2) is 29.8 Å². The molecule has 0 aromatic heterocycles. The van der Waals surface area contributed by atoms with Gasteiger partial charge in [0.15, 0.2) is 0 Å². The summed E-state index contributed by atoms with van der Waals surface area (Å²) in [6, 6.07) is 8.58. The number of benzene rings is 1. The normalized spacial score (nSPS) is 28.5. The first-order valence-electron chi connectivity index (χ1n) is 7.50. The zero-order valence-corrected chi connectivity index (χ0v) is 13.1. The van der Waals surface area contributed by atoms with Gasteiger partial charge in [0.25, 0.3) is 0 Å². The standard InChI is InChI=1S/C16H22N2O2S/c1-20-12-3-2-4-13(9-12)21-14-7-8-16(10-14,15(17)19)18-11-5-6-11/h2-4,9,11,14,18H,5-8,10H2,1H3,(H2,17,19). The van der Waals surface area contributed by atoms with Crippen molar-refractivity contribution in [3.63, 3.8) is 0 Å². The van der Waals surface area contributed by atoms with Crippen molar-refractivity contribution in [2.24, 2.45) is 5.73 Å². The molecule has 0 spiro atoms. The van der Waals surface area contributed by atoms with Gasteiger partial charge in [-0.3, -0.25) is 4.79 Å². The smallest absolute Gasteiger partial charge is 0.237 e. The lowest BCUT2D eigenvalue weighted by Crippen LogP contribution is -2.54. The van der Waals surface area contributed by atoms with Crippen LogP contribution in [0.5, 0.6) is 5.75 Å². The molecule has 0 heterocycles. The lowest BCUT2D eigenvalue weighted by molar-refractivity contribution is -0.124. The molecule has 2 unspecified atom stereocenters. The van der Waals surface area contributed by atoms with Gasteiger partial charge in [0, 0.05) is 16.2 Å². The fraction of sp³-hybridized carbons (Fsp3) is 0.562. The number of nitrogens with one attached hydrogen (secondary N) is 1. The van der Waals surface area contributed by atoms with E-state index in [-0.39, 0.29) is 5.91 Å². The Morgan fingerprint density at radius 3 is 2.90 bits per heavy atom. The predicted octanol–water partition coefficient (Wildman–Crippen LogP) is 2.32. The summed E-state index contributed by atoms with van der Waals surface area (Å²) in [4.78, 5) is 13.1. The maximum absolute atomic E-state index is 11.9. The van der Waals surface area contributed by atoms with E-state index in [1.807, 2.05) is 30.0 Å². The first kappa shape index (κ1) is 14.7. The number of primary amides is 1. The SMILES string of the molecule is COc1cccc(SC2CCC(NC3CC3)(C(N)=O)C2)c1. The molecule has 2 fully saturated rings. The molecule has 2 aliphatic carbocycles. The lowest BCUT2D eigenvalue weighted by Gasteiger charge is -2.27. The number of hydrogen-bond acceptors (Lipinski definition) is 4. The molecule has 2 atom stereocenters. The first-order chi connectivity index (χ1) is 10.1. The Balaban J connectivity index is 1.66. The van der Waals surface area contributed by atoms with Gasteiger partial charge in [0.1, 0.15) is 5.75 Å². The maximum atomic E-state index is 11.9. The van der Waals surface area contributed by atoms with E-state index in [0.717, 1.165) is 25.0 Å². The summed E-state index contributed by atoms with van der Waals surface area (Å²) in [6.07, 6.45) is 5.02. The average Bonchev–Trinajstić information content (AvgIpc) is 3.19. The molecule has 1 aromatic carbocycles. The molecule has 3 N–H and O–H groups in total. The van der Waals surface area contributed by atoms with E-state index >= 15 is 0 Å². The van der Waals surface area contributed by atoms with Crippen LogP contribution in [0.3, 0.4) is 0 Å². The second-order valence-corrected chi connectivity index (χ2v) is 7.40. The Kier molecular flexibility index (Phi) is 4.13. The largest absolute Gasteiger partial charge is 0.497 e. The van der Waals surface area contributed by atoms with Gasteiger partial charge in [-0.2, -0.15) is 0 Å². The summed E-state index contributed by atoms with van der Waals surface area (Å²) in [5.74, 6) is 0.679. The molecule has 1 amide bonds. The molecule has 0 bridgehead atoms. The van der Waals surface area contributed by atoms with E-state index in [9.17, 15) is 4.79 Å². The van der Waals surface area contributed by atoms with Gasteiger partial charge in [0.05, 0.1) is 12.6 Å². The number of carbonyl (C=O) groups excluding carboxylic acids is 1. The van der Waals surface area contributed by atoms with Crippen molar-refractivity contribution in [2.75, 3.05) is 7.11 Å². The molecule has 3 rings (SSSR count). The monoisotopic (exact) mass is 306 g/mol. The summed E-state index contributed by atoms with van der Waals surface area (Å²) in [5.41, 5.74) is 5.19. The van der Waals surface area contributed by atoms with Crippen molar-refractivity contribution in [2.45, 2.75) is 53.8 Å². The zero-order chi connectivity index (χ0) is 14.9. The number of amides is 1. The lowest BCUT2D eigenvalue weighted by atomic mass is 9.96. The molecule has 0 saturated heterocycles. The van der Waals surface area contributed by atoms with Crippen LogP contribution < -0.4 is 15.8 Å². The Morgan fingerprint density at radius 1 is 1.43 bits per heavy atom. The Hall–Kier alpha value is -1.20. The third-order valence-corrected chi connectivity index (χ3v) is 5.60. The number of thioether (sulfide) groups is 1. The van der Waals surface area contributed by atoms with Crippen LogP contribution >= 0.6 is 11.8 Å². The summed E-state index contributed by atoms with van der Waals surface area (Å²) >= 11 is 1.82. The van der Waals surface area contributed by atoms with E-state index < -0.39 is 5.54 Å². The van der Waals surface area contributed by atoms with Crippen LogP contribution in [0.15, 0.2) is 29.2 Å². The van der Waals surface area contributed by atoms with Gasteiger partial charge >= 0.3 is 0 Å². The van der Waals surface area contributed by atoms with Crippen molar-refractivity contribution >= 4 is 17.7 Å². The van der Waals surface area contributed by atoms with Gasteiger partial charge in [-0.1, -0.05) is 6.07 Å². The minimum absolute atomic E-state index is 0.192. The number of ether oxygens (including phenoxy) is 1. The molecular weight excluding hydrogens is 284 g/mol. The zero-order valence-electron chi connectivity index (χ0n) is 12.3. The second kappa shape index (κ2) is 5.89. The number of hydrogen-bond donors (Lipinski definition) is 2. The fourth-order valence-electron chi connectivity index (χ4n) is 3.01. The number of nitrogens with two attached hydrogens (primary N) is 1. The number of methoxy groups -OCH3 is 1. The van der Waals surface area contributed by atoms with E-state index in [1.165, 1.54) is 17.7 Å². The summed E-state index contributed by atoms with van der Waals surface area (Å²) in [5, 5.41) is 3.92. The molecular formula is C16H22N2O2S. The quantitative estimate of drug-likeness (QED) is 0.846. The first-order valence-corrected chi connectivity index (χ1v) is 8.37. The van der Waals surface area contributed by atoms with Crippen LogP contribution in [-0.2, 0) is 4.79 Å². The van der Waals surface area contributed by atoms with Crippen molar-refractivity contribution in [3.8, 4) is 5.75 Å². The topological polar surface area (TPSA) is 64.3 Å². The number of rotatable bonds is 6. The molecule has 2 aliphatic rings. The molecule has 21 heavy (non-hydrogen) atoms. The van der Waals surface area contributed by atoms with E-state index in [4.69, 9.17) is 10.5 Å². The van der Waals surface area contributed by atoms with Crippen LogP contribution in [0, 0.1) is 0 Å². The van der Waals surface area contributed by atoms with Gasteiger partial charge < -0.3 is 15.8 Å². The van der Waals surface area contributed by atoms with Crippen LogP contribution in [0.4, 0.5) is 0 Å². The highest BCUT2D eigenvalue weighted by molar-refractivity contribution is 8.00.